The van der Waals surface area contributed by atoms with E-state index in [0.717, 1.165) is 0 Å². The van der Waals surface area contributed by atoms with Gasteiger partial charge in [-0.1, -0.05) is 6.92 Å². The molecule has 1 aromatic rings. The van der Waals surface area contributed by atoms with Crippen LogP contribution in [0.1, 0.15) is 26.2 Å². The number of cyclic esters (lactones) is 1. The van der Waals surface area contributed by atoms with Crippen LogP contribution in [-0.4, -0.2) is 73.3 Å². The Morgan fingerprint density at radius 3 is 2.80 bits per heavy atom. The molecule has 2 saturated heterocycles. The van der Waals surface area contributed by atoms with E-state index in [1.807, 2.05) is 0 Å². The Labute approximate surface area is 174 Å². The zero-order chi connectivity index (χ0) is 21.7. The maximum atomic E-state index is 14.9. The van der Waals surface area contributed by atoms with Crippen molar-refractivity contribution in [2.45, 2.75) is 32.3 Å². The van der Waals surface area contributed by atoms with Gasteiger partial charge in [-0.15, -0.1) is 0 Å². The van der Waals surface area contributed by atoms with Crippen molar-refractivity contribution in [2.24, 2.45) is 0 Å². The number of halogens is 1. The number of hydrogen-bond donors (Lipinski definition) is 2. The second-order valence-electron chi connectivity index (χ2n) is 7.28. The molecule has 1 atom stereocenters. The van der Waals surface area contributed by atoms with Gasteiger partial charge in [0.1, 0.15) is 24.3 Å². The normalized spacial score (nSPS) is 19.6. The first kappa shape index (κ1) is 22.0. The summed E-state index contributed by atoms with van der Waals surface area (Å²) in [6.45, 7) is 3.08. The van der Waals surface area contributed by atoms with Gasteiger partial charge in [-0.25, -0.2) is 14.6 Å². The van der Waals surface area contributed by atoms with E-state index in [2.05, 4.69) is 5.43 Å². The minimum absolute atomic E-state index is 0.117. The van der Waals surface area contributed by atoms with Gasteiger partial charge in [0.2, 0.25) is 0 Å². The molecule has 2 N–H and O–H groups in total. The highest BCUT2D eigenvalue weighted by atomic mass is 19.1. The van der Waals surface area contributed by atoms with E-state index >= 15 is 0 Å². The molecule has 0 saturated carbocycles. The highest BCUT2D eigenvalue weighted by Crippen LogP contribution is 2.29. The Balaban J connectivity index is 1.64. The number of ether oxygens (including phenoxy) is 1. The van der Waals surface area contributed by atoms with Gasteiger partial charge in [-0.05, 0) is 24.6 Å². The molecule has 2 aliphatic heterocycles. The molecule has 2 aliphatic rings. The number of Topliss-reactive ketones (excluding diaryl/α,β-unsaturated/α-hetero) is 1. The first-order valence-corrected chi connectivity index (χ1v) is 10.1. The zero-order valence-electron chi connectivity index (χ0n) is 17.0. The first-order chi connectivity index (χ1) is 14.4. The van der Waals surface area contributed by atoms with Gasteiger partial charge in [0.25, 0.3) is 5.91 Å². The molecule has 10 heteroatoms. The smallest absolute Gasteiger partial charge is 0.414 e. The summed E-state index contributed by atoms with van der Waals surface area (Å²) in [6.07, 6.45) is 0.332. The number of aliphatic hydroxyl groups is 1. The summed E-state index contributed by atoms with van der Waals surface area (Å²) in [7, 11) is 0. The Kier molecular flexibility index (Phi) is 7.22. The number of aliphatic hydroxyl groups excluding tert-OH is 1. The fraction of sp³-hybridized carbons (Fsp3) is 0.550. The summed E-state index contributed by atoms with van der Waals surface area (Å²) in [5.74, 6) is -0.798. The van der Waals surface area contributed by atoms with Gasteiger partial charge in [-0.3, -0.25) is 19.5 Å². The number of carbonyl (C=O) groups is 3. The summed E-state index contributed by atoms with van der Waals surface area (Å²) >= 11 is 0. The van der Waals surface area contributed by atoms with Crippen molar-refractivity contribution in [3.63, 3.8) is 0 Å². The highest BCUT2D eigenvalue weighted by molar-refractivity contribution is 5.90. The van der Waals surface area contributed by atoms with Crippen LogP contribution in [0.3, 0.4) is 0 Å². The SMILES string of the molecule is CCC(=O)CC[C@H]1CN(c2ccc(N3CCNN(C(=O)CO)CC3)c(F)c2)C(=O)O1. The van der Waals surface area contributed by atoms with Gasteiger partial charge < -0.3 is 14.7 Å². The van der Waals surface area contributed by atoms with Crippen molar-refractivity contribution in [3.8, 4) is 0 Å². The predicted octanol–water partition coefficient (Wildman–Crippen LogP) is 1.06. The Bertz CT molecular complexity index is 805. The number of ketones is 1. The lowest BCUT2D eigenvalue weighted by Gasteiger charge is -2.24. The molecule has 164 valence electrons. The lowest BCUT2D eigenvalue weighted by Crippen LogP contribution is -2.45. The van der Waals surface area contributed by atoms with Crippen LogP contribution in [0.4, 0.5) is 20.6 Å². The van der Waals surface area contributed by atoms with Crippen LogP contribution in [0.5, 0.6) is 0 Å². The summed E-state index contributed by atoms with van der Waals surface area (Å²) in [4.78, 5) is 38.5. The largest absolute Gasteiger partial charge is 0.444 e. The predicted molar refractivity (Wildman–Crippen MR) is 108 cm³/mol. The van der Waals surface area contributed by atoms with Gasteiger partial charge in [0.15, 0.2) is 0 Å². The van der Waals surface area contributed by atoms with E-state index in [0.29, 0.717) is 56.8 Å². The third-order valence-corrected chi connectivity index (χ3v) is 5.31. The molecule has 9 nitrogen and oxygen atoms in total. The fourth-order valence-corrected chi connectivity index (χ4v) is 3.57. The first-order valence-electron chi connectivity index (χ1n) is 10.1. The number of carbonyl (C=O) groups excluding carboxylic acids is 3. The highest BCUT2D eigenvalue weighted by Gasteiger charge is 2.33. The molecular weight excluding hydrogens is 395 g/mol. The summed E-state index contributed by atoms with van der Waals surface area (Å²) in [5, 5.41) is 10.3. The third-order valence-electron chi connectivity index (χ3n) is 5.31. The monoisotopic (exact) mass is 422 g/mol. The number of hydrazine groups is 1. The van der Waals surface area contributed by atoms with Crippen LogP contribution >= 0.6 is 0 Å². The summed E-state index contributed by atoms with van der Waals surface area (Å²) in [6, 6.07) is 4.56. The van der Waals surface area contributed by atoms with E-state index in [-0.39, 0.29) is 18.4 Å². The van der Waals surface area contributed by atoms with E-state index in [1.165, 1.54) is 16.0 Å². The van der Waals surface area contributed by atoms with Crippen molar-refractivity contribution in [3.05, 3.63) is 24.0 Å². The second-order valence-corrected chi connectivity index (χ2v) is 7.28. The lowest BCUT2D eigenvalue weighted by atomic mass is 10.1. The van der Waals surface area contributed by atoms with Crippen molar-refractivity contribution < 1.29 is 28.6 Å². The maximum Gasteiger partial charge on any atom is 0.414 e. The number of anilines is 2. The number of nitrogens with one attached hydrogen (secondary N) is 1. The molecule has 0 radical (unpaired) electrons. The molecule has 2 amide bonds. The van der Waals surface area contributed by atoms with E-state index in [9.17, 15) is 18.8 Å². The molecule has 2 fully saturated rings. The Morgan fingerprint density at radius 2 is 2.10 bits per heavy atom. The number of rotatable bonds is 7. The number of hydrogen-bond acceptors (Lipinski definition) is 7. The lowest BCUT2D eigenvalue weighted by molar-refractivity contribution is -0.137. The average Bonchev–Trinajstić information content (AvgIpc) is 2.96. The third kappa shape index (κ3) is 5.06. The molecule has 0 bridgehead atoms. The van der Waals surface area contributed by atoms with Crippen LogP contribution in [0.25, 0.3) is 0 Å². The molecule has 30 heavy (non-hydrogen) atoms. The van der Waals surface area contributed by atoms with Gasteiger partial charge in [0.05, 0.1) is 24.5 Å². The van der Waals surface area contributed by atoms with Crippen molar-refractivity contribution in [1.82, 2.24) is 10.4 Å². The molecule has 0 spiro atoms. The number of nitrogens with zero attached hydrogens (tertiary/aromatic N) is 3. The molecule has 3 rings (SSSR count). The van der Waals surface area contributed by atoms with Crippen molar-refractivity contribution in [1.29, 1.82) is 0 Å². The number of amides is 2. The molecular formula is C20H27FN4O5. The van der Waals surface area contributed by atoms with Gasteiger partial charge in [0, 0.05) is 32.5 Å². The van der Waals surface area contributed by atoms with Gasteiger partial charge >= 0.3 is 6.09 Å². The molecule has 2 heterocycles. The van der Waals surface area contributed by atoms with Gasteiger partial charge in [-0.2, -0.15) is 0 Å². The van der Waals surface area contributed by atoms with Crippen LogP contribution in [-0.2, 0) is 14.3 Å². The van der Waals surface area contributed by atoms with Crippen LogP contribution in [0, 0.1) is 5.82 Å². The van der Waals surface area contributed by atoms with Crippen LogP contribution in [0.2, 0.25) is 0 Å². The van der Waals surface area contributed by atoms with E-state index in [4.69, 9.17) is 9.84 Å². The van der Waals surface area contributed by atoms with Crippen LogP contribution in [0.15, 0.2) is 18.2 Å². The second kappa shape index (κ2) is 9.86. The molecule has 0 aromatic heterocycles. The van der Waals surface area contributed by atoms with Crippen molar-refractivity contribution >= 4 is 29.2 Å². The number of benzene rings is 1. The maximum absolute atomic E-state index is 14.9. The summed E-state index contributed by atoms with van der Waals surface area (Å²) < 4.78 is 20.2. The quantitative estimate of drug-likeness (QED) is 0.677. The minimum Gasteiger partial charge on any atom is -0.444 e. The molecule has 0 unspecified atom stereocenters. The Hall–Kier alpha value is -2.72. The van der Waals surface area contributed by atoms with E-state index in [1.54, 1.807) is 24.0 Å². The van der Waals surface area contributed by atoms with E-state index < -0.39 is 24.4 Å². The van der Waals surface area contributed by atoms with Crippen LogP contribution < -0.4 is 15.2 Å². The topological polar surface area (TPSA) is 102 Å². The van der Waals surface area contributed by atoms with Crippen molar-refractivity contribution in [2.75, 3.05) is 49.1 Å². The summed E-state index contributed by atoms with van der Waals surface area (Å²) in [5.41, 5.74) is 3.68. The standard InChI is InChI=1S/C20H27FN4O5/c1-2-15(27)4-5-16-12-24(20(29)30-16)14-3-6-18(17(21)11-14)23-8-7-22-25(10-9-23)19(28)13-26/h3,6,11,16,22,26H,2,4-5,7-10,12-13H2,1H3/t16-/m0/s1. The molecule has 0 aliphatic carbocycles. The zero-order valence-corrected chi connectivity index (χ0v) is 17.0. The minimum atomic E-state index is -0.588. The Morgan fingerprint density at radius 1 is 1.30 bits per heavy atom. The fourth-order valence-electron chi connectivity index (χ4n) is 3.57. The molecule has 1 aromatic carbocycles. The average molecular weight is 422 g/mol.